The highest BCUT2D eigenvalue weighted by atomic mass is 35.5. The van der Waals surface area contributed by atoms with Crippen molar-refractivity contribution in [3.8, 4) is 0 Å². The second-order valence-corrected chi connectivity index (χ2v) is 7.80. The number of halogens is 2. The Morgan fingerprint density at radius 3 is 2.74 bits per heavy atom. The first-order valence-corrected chi connectivity index (χ1v) is 10.0. The van der Waals surface area contributed by atoms with Crippen LogP contribution in [0.3, 0.4) is 0 Å². The highest BCUT2D eigenvalue weighted by Gasteiger charge is 2.32. The molecule has 150 valence electrons. The molecule has 3 rings (SSSR count). The normalized spacial score (nSPS) is 23.2. The number of rotatable bonds is 6. The van der Waals surface area contributed by atoms with Crippen LogP contribution in [0.1, 0.15) is 5.56 Å². The lowest BCUT2D eigenvalue weighted by Gasteiger charge is -2.29. The van der Waals surface area contributed by atoms with Crippen molar-refractivity contribution in [1.29, 1.82) is 0 Å². The molecule has 9 heteroatoms. The molecule has 1 aromatic rings. The lowest BCUT2D eigenvalue weighted by atomic mass is 10.1. The van der Waals surface area contributed by atoms with E-state index in [2.05, 4.69) is 20.9 Å². The van der Waals surface area contributed by atoms with Gasteiger partial charge in [-0.2, -0.15) is 0 Å². The summed E-state index contributed by atoms with van der Waals surface area (Å²) in [5, 5.41) is 8.61. The van der Waals surface area contributed by atoms with Crippen LogP contribution in [0.5, 0.6) is 0 Å². The second kappa shape index (κ2) is 10.8. The number of nitrogens with one attached hydrogen (secondary N) is 3. The Morgan fingerprint density at radius 1 is 1.30 bits per heavy atom. The Morgan fingerprint density at radius 2 is 2.04 bits per heavy atom. The molecule has 2 heterocycles. The number of hydrogen-bond donors (Lipinski definition) is 3. The van der Waals surface area contributed by atoms with Gasteiger partial charge in [0.15, 0.2) is 0 Å². The van der Waals surface area contributed by atoms with Crippen LogP contribution < -0.4 is 16.0 Å². The van der Waals surface area contributed by atoms with E-state index in [0.717, 1.165) is 32.7 Å². The van der Waals surface area contributed by atoms with Crippen molar-refractivity contribution in [3.63, 3.8) is 0 Å². The van der Waals surface area contributed by atoms with Crippen molar-refractivity contribution in [3.05, 3.63) is 35.6 Å². The zero-order valence-electron chi connectivity index (χ0n) is 15.1. The lowest BCUT2D eigenvalue weighted by Crippen LogP contribution is -2.55. The molecule has 27 heavy (non-hydrogen) atoms. The predicted octanol–water partition coefficient (Wildman–Crippen LogP) is 0.412. The van der Waals surface area contributed by atoms with Crippen LogP contribution in [-0.2, 0) is 16.0 Å². The quantitative estimate of drug-likeness (QED) is 0.626. The topological polar surface area (TPSA) is 73.5 Å². The summed E-state index contributed by atoms with van der Waals surface area (Å²) in [6.45, 7) is 5.33. The Labute approximate surface area is 169 Å². The van der Waals surface area contributed by atoms with Gasteiger partial charge < -0.3 is 16.0 Å². The van der Waals surface area contributed by atoms with Gasteiger partial charge >= 0.3 is 0 Å². The zero-order valence-corrected chi connectivity index (χ0v) is 16.7. The van der Waals surface area contributed by atoms with E-state index < -0.39 is 6.04 Å². The molecule has 0 spiro atoms. The molecule has 2 saturated heterocycles. The zero-order chi connectivity index (χ0) is 18.4. The van der Waals surface area contributed by atoms with Gasteiger partial charge in [-0.15, -0.1) is 24.2 Å². The summed E-state index contributed by atoms with van der Waals surface area (Å²) in [6, 6.07) is 5.96. The lowest BCUT2D eigenvalue weighted by molar-refractivity contribution is -0.128. The molecule has 2 atom stereocenters. The summed E-state index contributed by atoms with van der Waals surface area (Å²) in [5.74, 6) is -0.143. The minimum atomic E-state index is -0.521. The fourth-order valence-corrected chi connectivity index (χ4v) is 4.32. The van der Waals surface area contributed by atoms with Crippen LogP contribution in [0.15, 0.2) is 24.3 Å². The fraction of sp³-hybridized carbons (Fsp3) is 0.556. The Bertz CT molecular complexity index is 646. The molecule has 2 fully saturated rings. The number of thioether (sulfide) groups is 1. The molecular weight excluding hydrogens is 391 g/mol. The van der Waals surface area contributed by atoms with E-state index in [-0.39, 0.29) is 35.3 Å². The summed E-state index contributed by atoms with van der Waals surface area (Å²) in [6.07, 6.45) is 0.334. The molecule has 0 aliphatic carbocycles. The maximum atomic E-state index is 13.8. The summed E-state index contributed by atoms with van der Waals surface area (Å²) in [7, 11) is 0. The minimum Gasteiger partial charge on any atom is -0.353 e. The van der Waals surface area contributed by atoms with E-state index in [0.29, 0.717) is 24.3 Å². The average Bonchev–Trinajstić information content (AvgIpc) is 2.66. The molecule has 2 unspecified atom stereocenters. The summed E-state index contributed by atoms with van der Waals surface area (Å²) in [4.78, 5) is 26.9. The van der Waals surface area contributed by atoms with Crippen molar-refractivity contribution >= 4 is 36.0 Å². The SMILES string of the molecule is Cl.O=C(NCCN1CCNCC1)C1CSC(Cc2ccccc2F)C(=O)N1. The van der Waals surface area contributed by atoms with Crippen molar-refractivity contribution in [2.24, 2.45) is 0 Å². The number of hydrogen-bond acceptors (Lipinski definition) is 5. The van der Waals surface area contributed by atoms with Gasteiger partial charge in [0.1, 0.15) is 11.9 Å². The fourth-order valence-electron chi connectivity index (χ4n) is 3.15. The van der Waals surface area contributed by atoms with E-state index >= 15 is 0 Å². The van der Waals surface area contributed by atoms with E-state index in [1.807, 2.05) is 0 Å². The summed E-state index contributed by atoms with van der Waals surface area (Å²) in [5.41, 5.74) is 0.527. The van der Waals surface area contributed by atoms with Crippen LogP contribution in [0.4, 0.5) is 4.39 Å². The van der Waals surface area contributed by atoms with Gasteiger partial charge in [-0.25, -0.2) is 4.39 Å². The minimum absolute atomic E-state index is 0. The Balaban J connectivity index is 0.00000261. The first-order chi connectivity index (χ1) is 12.6. The van der Waals surface area contributed by atoms with Gasteiger partial charge in [-0.05, 0) is 18.1 Å². The number of carbonyl (C=O) groups excluding carboxylic acids is 2. The third-order valence-electron chi connectivity index (χ3n) is 4.69. The van der Waals surface area contributed by atoms with Crippen LogP contribution in [0, 0.1) is 5.82 Å². The Hall–Kier alpha value is -1.35. The van der Waals surface area contributed by atoms with Crippen LogP contribution in [0.2, 0.25) is 0 Å². The molecule has 3 N–H and O–H groups in total. The molecule has 2 amide bonds. The molecule has 2 aliphatic rings. The first-order valence-electron chi connectivity index (χ1n) is 8.99. The maximum Gasteiger partial charge on any atom is 0.243 e. The third-order valence-corrected chi connectivity index (χ3v) is 6.00. The highest BCUT2D eigenvalue weighted by Crippen LogP contribution is 2.23. The molecule has 6 nitrogen and oxygen atoms in total. The van der Waals surface area contributed by atoms with Gasteiger partial charge in [0.05, 0.1) is 5.25 Å². The van der Waals surface area contributed by atoms with E-state index in [1.165, 1.54) is 17.8 Å². The second-order valence-electron chi connectivity index (χ2n) is 6.56. The number of piperazine rings is 1. The van der Waals surface area contributed by atoms with Gasteiger partial charge in [-0.1, -0.05) is 18.2 Å². The van der Waals surface area contributed by atoms with E-state index in [9.17, 15) is 14.0 Å². The average molecular weight is 417 g/mol. The predicted molar refractivity (Wildman–Crippen MR) is 108 cm³/mol. The first kappa shape index (κ1) is 21.9. The van der Waals surface area contributed by atoms with Gasteiger partial charge in [-0.3, -0.25) is 14.5 Å². The Kier molecular flexibility index (Phi) is 8.82. The molecule has 1 aromatic carbocycles. The van der Waals surface area contributed by atoms with Crippen LogP contribution >= 0.6 is 24.2 Å². The molecule has 0 saturated carbocycles. The number of nitrogens with zero attached hydrogens (tertiary/aromatic N) is 1. The largest absolute Gasteiger partial charge is 0.353 e. The summed E-state index contributed by atoms with van der Waals surface area (Å²) >= 11 is 1.41. The monoisotopic (exact) mass is 416 g/mol. The molecule has 2 aliphatic heterocycles. The number of benzene rings is 1. The van der Waals surface area contributed by atoms with Crippen molar-refractivity contribution in [2.45, 2.75) is 17.7 Å². The van der Waals surface area contributed by atoms with E-state index in [4.69, 9.17) is 0 Å². The summed E-state index contributed by atoms with van der Waals surface area (Å²) < 4.78 is 13.8. The number of amides is 2. The molecular formula is C18H26ClFN4O2S. The third kappa shape index (κ3) is 6.34. The van der Waals surface area contributed by atoms with E-state index in [1.54, 1.807) is 18.2 Å². The van der Waals surface area contributed by atoms with Crippen molar-refractivity contribution in [1.82, 2.24) is 20.9 Å². The van der Waals surface area contributed by atoms with Gasteiger partial charge in [0.25, 0.3) is 0 Å². The van der Waals surface area contributed by atoms with Gasteiger partial charge in [0.2, 0.25) is 11.8 Å². The van der Waals surface area contributed by atoms with Crippen molar-refractivity contribution in [2.75, 3.05) is 45.0 Å². The number of carbonyl (C=O) groups is 2. The smallest absolute Gasteiger partial charge is 0.243 e. The molecule has 0 radical (unpaired) electrons. The maximum absolute atomic E-state index is 13.8. The van der Waals surface area contributed by atoms with Crippen LogP contribution in [0.25, 0.3) is 0 Å². The van der Waals surface area contributed by atoms with Crippen LogP contribution in [-0.4, -0.2) is 73.0 Å². The highest BCUT2D eigenvalue weighted by molar-refractivity contribution is 8.00. The van der Waals surface area contributed by atoms with Crippen molar-refractivity contribution < 1.29 is 14.0 Å². The van der Waals surface area contributed by atoms with Gasteiger partial charge in [0, 0.05) is 45.0 Å². The molecule has 0 bridgehead atoms. The standard InChI is InChI=1S/C18H25FN4O2S.ClH/c19-14-4-2-1-3-13(14)11-16-18(25)22-15(12-26-16)17(24)21-7-10-23-8-5-20-6-9-23;/h1-4,15-16,20H,5-12H2,(H,21,24)(H,22,25);1H. The molecule has 0 aromatic heterocycles.